The lowest BCUT2D eigenvalue weighted by molar-refractivity contribution is -0.136. The lowest BCUT2D eigenvalue weighted by atomic mass is 10.0. The van der Waals surface area contributed by atoms with E-state index in [0.29, 0.717) is 24.0 Å². The largest absolute Gasteiger partial charge is 0.340 e. The van der Waals surface area contributed by atoms with Gasteiger partial charge in [-0.2, -0.15) is 0 Å². The van der Waals surface area contributed by atoms with Gasteiger partial charge in [-0.3, -0.25) is 9.69 Å². The smallest absolute Gasteiger partial charge is 0.239 e. The number of likely N-dealkylation sites (tertiary alicyclic amines) is 1. The molecule has 0 aromatic rings. The van der Waals surface area contributed by atoms with E-state index in [1.165, 1.54) is 12.8 Å². The quantitative estimate of drug-likeness (QED) is 0.773. The van der Waals surface area contributed by atoms with Crippen LogP contribution in [0.15, 0.2) is 0 Å². The Labute approximate surface area is 123 Å². The zero-order valence-corrected chi connectivity index (χ0v) is 13.6. The van der Waals surface area contributed by atoms with Crippen LogP contribution in [0.3, 0.4) is 0 Å². The molecule has 1 aliphatic carbocycles. The van der Waals surface area contributed by atoms with Gasteiger partial charge in [-0.25, -0.2) is 0 Å². The molecule has 2 rings (SSSR count). The lowest BCUT2D eigenvalue weighted by Gasteiger charge is -2.36. The van der Waals surface area contributed by atoms with Crippen LogP contribution in [0.4, 0.5) is 0 Å². The second kappa shape index (κ2) is 6.90. The highest BCUT2D eigenvalue weighted by Gasteiger charge is 2.33. The van der Waals surface area contributed by atoms with Crippen LogP contribution >= 0.6 is 0 Å². The fourth-order valence-corrected chi connectivity index (χ4v) is 3.20. The molecule has 1 aliphatic heterocycles. The number of hydrogen-bond donors (Lipinski definition) is 1. The summed E-state index contributed by atoms with van der Waals surface area (Å²) in [7, 11) is 0. The highest BCUT2D eigenvalue weighted by Crippen LogP contribution is 2.22. The van der Waals surface area contributed by atoms with Gasteiger partial charge < -0.3 is 10.2 Å². The van der Waals surface area contributed by atoms with Gasteiger partial charge in [-0.15, -0.1) is 0 Å². The van der Waals surface area contributed by atoms with Crippen molar-refractivity contribution in [1.82, 2.24) is 15.1 Å². The number of carbonyl (C=O) groups excluding carboxylic acids is 1. The van der Waals surface area contributed by atoms with Crippen molar-refractivity contribution in [3.05, 3.63) is 0 Å². The maximum Gasteiger partial charge on any atom is 0.239 e. The first-order chi connectivity index (χ1) is 9.49. The molecule has 1 unspecified atom stereocenters. The number of amides is 1. The Balaban J connectivity index is 1.82. The average Bonchev–Trinajstić information content (AvgIpc) is 3.17. The van der Waals surface area contributed by atoms with Crippen molar-refractivity contribution >= 4 is 5.91 Å². The predicted molar refractivity (Wildman–Crippen MR) is 82.7 cm³/mol. The van der Waals surface area contributed by atoms with E-state index in [2.05, 4.69) is 42.8 Å². The van der Waals surface area contributed by atoms with Crippen molar-refractivity contribution in [3.8, 4) is 0 Å². The van der Waals surface area contributed by atoms with E-state index in [1.807, 2.05) is 0 Å². The van der Waals surface area contributed by atoms with Crippen LogP contribution in [0.5, 0.6) is 0 Å². The fourth-order valence-electron chi connectivity index (χ4n) is 3.20. The van der Waals surface area contributed by atoms with Crippen molar-refractivity contribution in [2.45, 2.75) is 77.5 Å². The molecule has 1 heterocycles. The zero-order valence-electron chi connectivity index (χ0n) is 13.6. The van der Waals surface area contributed by atoms with Crippen molar-refractivity contribution in [3.63, 3.8) is 0 Å². The number of piperidine rings is 1. The molecule has 2 fully saturated rings. The first kappa shape index (κ1) is 15.8. The minimum atomic E-state index is 0.0859. The van der Waals surface area contributed by atoms with Gasteiger partial charge in [0, 0.05) is 37.8 Å². The third-order valence-electron chi connectivity index (χ3n) is 4.50. The van der Waals surface area contributed by atoms with E-state index in [-0.39, 0.29) is 6.04 Å². The van der Waals surface area contributed by atoms with Gasteiger partial charge in [0.1, 0.15) is 0 Å². The van der Waals surface area contributed by atoms with Crippen molar-refractivity contribution in [2.24, 2.45) is 0 Å². The van der Waals surface area contributed by atoms with Gasteiger partial charge in [0.2, 0.25) is 5.91 Å². The molecule has 2 aliphatic rings. The Morgan fingerprint density at radius 1 is 1.20 bits per heavy atom. The summed E-state index contributed by atoms with van der Waals surface area (Å²) < 4.78 is 0. The monoisotopic (exact) mass is 281 g/mol. The number of nitrogens with zero attached hydrogens (tertiary/aromatic N) is 2. The highest BCUT2D eigenvalue weighted by atomic mass is 16.2. The van der Waals surface area contributed by atoms with Crippen LogP contribution in [-0.2, 0) is 4.79 Å². The molecular weight excluding hydrogens is 250 g/mol. The normalized spacial score (nSPS) is 24.2. The first-order valence-electron chi connectivity index (χ1n) is 8.29. The number of nitrogens with one attached hydrogen (secondary N) is 1. The summed E-state index contributed by atoms with van der Waals surface area (Å²) in [5.74, 6) is 0.329. The molecule has 0 bridgehead atoms. The Hall–Kier alpha value is -0.610. The summed E-state index contributed by atoms with van der Waals surface area (Å²) >= 11 is 0. The topological polar surface area (TPSA) is 35.6 Å². The lowest BCUT2D eigenvalue weighted by Crippen LogP contribution is -2.53. The molecule has 0 radical (unpaired) electrons. The van der Waals surface area contributed by atoms with Crippen LogP contribution in [0.1, 0.15) is 53.4 Å². The molecule has 1 atom stereocenters. The molecule has 0 aromatic carbocycles. The van der Waals surface area contributed by atoms with Crippen LogP contribution < -0.4 is 5.32 Å². The number of rotatable bonds is 7. The molecule has 4 nitrogen and oxygen atoms in total. The van der Waals surface area contributed by atoms with Gasteiger partial charge in [-0.05, 0) is 53.4 Å². The van der Waals surface area contributed by atoms with E-state index in [1.54, 1.807) is 0 Å². The molecule has 0 aromatic heterocycles. The van der Waals surface area contributed by atoms with Gasteiger partial charge in [0.05, 0.1) is 6.04 Å². The Morgan fingerprint density at radius 3 is 2.40 bits per heavy atom. The molecule has 1 N–H and O–H groups in total. The van der Waals surface area contributed by atoms with Crippen LogP contribution in [0.25, 0.3) is 0 Å². The number of carbonyl (C=O) groups is 1. The molecule has 116 valence electrons. The Kier molecular flexibility index (Phi) is 5.44. The fraction of sp³-hybridized carbons (Fsp3) is 0.938. The second-order valence-electron chi connectivity index (χ2n) is 6.89. The summed E-state index contributed by atoms with van der Waals surface area (Å²) in [6.07, 6.45) is 4.65. The minimum absolute atomic E-state index is 0.0859. The van der Waals surface area contributed by atoms with E-state index in [9.17, 15) is 4.79 Å². The van der Waals surface area contributed by atoms with Crippen molar-refractivity contribution < 1.29 is 4.79 Å². The van der Waals surface area contributed by atoms with Crippen molar-refractivity contribution in [2.75, 3.05) is 19.6 Å². The standard InChI is InChI=1S/C16H31N3O/c1-12(2)19(13(3)4)11-10-18-9-5-6-15(16(18)20)17-14-7-8-14/h12-15,17H,5-11H2,1-4H3. The van der Waals surface area contributed by atoms with Crippen LogP contribution in [-0.4, -0.2) is 59.5 Å². The Morgan fingerprint density at radius 2 is 1.85 bits per heavy atom. The SMILES string of the molecule is CC(C)N(CCN1CCCC(NC2CC2)C1=O)C(C)C. The van der Waals surface area contributed by atoms with Gasteiger partial charge in [-0.1, -0.05) is 0 Å². The van der Waals surface area contributed by atoms with E-state index >= 15 is 0 Å². The molecule has 1 amide bonds. The maximum atomic E-state index is 12.5. The number of hydrogen-bond acceptors (Lipinski definition) is 3. The van der Waals surface area contributed by atoms with Gasteiger partial charge in [0.25, 0.3) is 0 Å². The van der Waals surface area contributed by atoms with Crippen LogP contribution in [0, 0.1) is 0 Å². The summed E-state index contributed by atoms with van der Waals surface area (Å²) in [6, 6.07) is 1.78. The summed E-state index contributed by atoms with van der Waals surface area (Å²) in [5.41, 5.74) is 0. The Bertz CT molecular complexity index is 318. The molecule has 4 heteroatoms. The summed E-state index contributed by atoms with van der Waals surface area (Å²) in [4.78, 5) is 17.0. The van der Waals surface area contributed by atoms with Gasteiger partial charge in [0.15, 0.2) is 0 Å². The third kappa shape index (κ3) is 4.19. The molecule has 20 heavy (non-hydrogen) atoms. The van der Waals surface area contributed by atoms with Gasteiger partial charge >= 0.3 is 0 Å². The second-order valence-corrected chi connectivity index (χ2v) is 6.89. The predicted octanol–water partition coefficient (Wildman–Crippen LogP) is 1.85. The zero-order chi connectivity index (χ0) is 14.7. The van der Waals surface area contributed by atoms with Crippen LogP contribution in [0.2, 0.25) is 0 Å². The summed E-state index contributed by atoms with van der Waals surface area (Å²) in [6.45, 7) is 11.7. The first-order valence-corrected chi connectivity index (χ1v) is 8.29. The van der Waals surface area contributed by atoms with Crippen molar-refractivity contribution in [1.29, 1.82) is 0 Å². The average molecular weight is 281 g/mol. The molecular formula is C16H31N3O. The third-order valence-corrected chi connectivity index (χ3v) is 4.50. The summed E-state index contributed by atoms with van der Waals surface area (Å²) in [5, 5.41) is 3.50. The van der Waals surface area contributed by atoms with E-state index in [4.69, 9.17) is 0 Å². The molecule has 0 spiro atoms. The molecule has 1 saturated heterocycles. The van der Waals surface area contributed by atoms with E-state index < -0.39 is 0 Å². The molecule has 1 saturated carbocycles. The van der Waals surface area contributed by atoms with E-state index in [0.717, 1.165) is 32.5 Å². The maximum absolute atomic E-state index is 12.5. The highest BCUT2D eigenvalue weighted by molar-refractivity contribution is 5.82. The minimum Gasteiger partial charge on any atom is -0.340 e.